The van der Waals surface area contributed by atoms with Crippen LogP contribution in [0.3, 0.4) is 0 Å². The molecule has 1 N–H and O–H groups in total. The molecule has 1 amide bonds. The number of nitrogens with one attached hydrogen (secondary N) is 1. The molecule has 2 fully saturated rings. The van der Waals surface area contributed by atoms with Crippen LogP contribution in [0.15, 0.2) is 0 Å². The summed E-state index contributed by atoms with van der Waals surface area (Å²) in [5.74, 6) is 0.611. The van der Waals surface area contributed by atoms with Crippen LogP contribution in [0.5, 0.6) is 0 Å². The number of carbonyl (C=O) groups excluding carboxylic acids is 1. The number of amides is 1. The Bertz CT molecular complexity index is 456. The molecule has 6 heteroatoms. The Labute approximate surface area is 128 Å². The molecule has 2 heterocycles. The van der Waals surface area contributed by atoms with Gasteiger partial charge in [0.1, 0.15) is 0 Å². The van der Waals surface area contributed by atoms with Crippen LogP contribution in [0.4, 0.5) is 0 Å². The molecule has 2 aliphatic rings. The van der Waals surface area contributed by atoms with Gasteiger partial charge < -0.3 is 5.32 Å². The highest BCUT2D eigenvalue weighted by molar-refractivity contribution is 7.91. The van der Waals surface area contributed by atoms with Gasteiger partial charge in [-0.25, -0.2) is 8.42 Å². The molecule has 0 saturated carbocycles. The number of sulfone groups is 1. The van der Waals surface area contributed by atoms with Gasteiger partial charge in [0, 0.05) is 6.04 Å². The fraction of sp³-hybridized carbons (Fsp3) is 0.933. The summed E-state index contributed by atoms with van der Waals surface area (Å²) in [6.07, 6.45) is 4.96. The van der Waals surface area contributed by atoms with Gasteiger partial charge in [0.2, 0.25) is 5.91 Å². The Morgan fingerprint density at radius 3 is 2.38 bits per heavy atom. The van der Waals surface area contributed by atoms with Gasteiger partial charge in [0.15, 0.2) is 9.84 Å². The zero-order valence-corrected chi connectivity index (χ0v) is 14.0. The molecule has 2 saturated heterocycles. The minimum atomic E-state index is -2.98. The predicted octanol–water partition coefficient (Wildman–Crippen LogP) is 1.19. The van der Waals surface area contributed by atoms with Crippen molar-refractivity contribution in [2.75, 3.05) is 24.6 Å². The van der Waals surface area contributed by atoms with E-state index in [4.69, 9.17) is 0 Å². The van der Waals surface area contributed by atoms with Crippen LogP contribution >= 0.6 is 0 Å². The van der Waals surface area contributed by atoms with Crippen LogP contribution in [0.25, 0.3) is 0 Å². The topological polar surface area (TPSA) is 66.5 Å². The first-order chi connectivity index (χ1) is 9.89. The largest absolute Gasteiger partial charge is 0.351 e. The van der Waals surface area contributed by atoms with Gasteiger partial charge in [-0.05, 0) is 44.7 Å². The number of piperidine rings is 1. The molecule has 0 aromatic carbocycles. The highest BCUT2D eigenvalue weighted by Crippen LogP contribution is 2.19. The molecule has 2 aliphatic heterocycles. The molecule has 21 heavy (non-hydrogen) atoms. The lowest BCUT2D eigenvalue weighted by molar-refractivity contribution is -0.129. The molecular formula is C15H28N2O3S. The van der Waals surface area contributed by atoms with Crippen molar-refractivity contribution in [2.45, 2.75) is 58.0 Å². The van der Waals surface area contributed by atoms with E-state index in [1.165, 1.54) is 6.42 Å². The summed E-state index contributed by atoms with van der Waals surface area (Å²) in [6, 6.07) is -0.336. The van der Waals surface area contributed by atoms with Crippen molar-refractivity contribution >= 4 is 15.7 Å². The summed E-state index contributed by atoms with van der Waals surface area (Å²) >= 11 is 0. The molecule has 0 radical (unpaired) electrons. The summed E-state index contributed by atoms with van der Waals surface area (Å²) in [4.78, 5) is 14.9. The number of carbonyl (C=O) groups is 1. The van der Waals surface area contributed by atoms with Crippen molar-refractivity contribution < 1.29 is 13.2 Å². The fourth-order valence-corrected chi connectivity index (χ4v) is 5.15. The summed E-state index contributed by atoms with van der Waals surface area (Å²) < 4.78 is 23.4. The Hall–Kier alpha value is -0.620. The van der Waals surface area contributed by atoms with Crippen LogP contribution in [0, 0.1) is 5.92 Å². The van der Waals surface area contributed by atoms with Gasteiger partial charge in [0.25, 0.3) is 0 Å². The third kappa shape index (κ3) is 4.68. The van der Waals surface area contributed by atoms with Gasteiger partial charge in [-0.15, -0.1) is 0 Å². The van der Waals surface area contributed by atoms with E-state index >= 15 is 0 Å². The molecule has 0 spiro atoms. The maximum Gasteiger partial charge on any atom is 0.237 e. The monoisotopic (exact) mass is 316 g/mol. The van der Waals surface area contributed by atoms with Crippen molar-refractivity contribution in [1.29, 1.82) is 0 Å². The lowest BCUT2D eigenvalue weighted by Gasteiger charge is -2.37. The van der Waals surface area contributed by atoms with Gasteiger partial charge in [0.05, 0.1) is 17.5 Å². The lowest BCUT2D eigenvalue weighted by atomic mass is 9.98. The lowest BCUT2D eigenvalue weighted by Crippen LogP contribution is -2.55. The van der Waals surface area contributed by atoms with Gasteiger partial charge in [-0.1, -0.05) is 20.3 Å². The van der Waals surface area contributed by atoms with Crippen molar-refractivity contribution in [2.24, 2.45) is 5.92 Å². The smallest absolute Gasteiger partial charge is 0.237 e. The number of likely N-dealkylation sites (tertiary alicyclic amines) is 1. The van der Waals surface area contributed by atoms with E-state index in [2.05, 4.69) is 24.1 Å². The second-order valence-corrected chi connectivity index (χ2v) is 8.98. The minimum absolute atomic E-state index is 0.00833. The third-order valence-electron chi connectivity index (χ3n) is 4.49. The normalized spacial score (nSPS) is 28.2. The predicted molar refractivity (Wildman–Crippen MR) is 83.9 cm³/mol. The van der Waals surface area contributed by atoms with E-state index in [0.717, 1.165) is 32.4 Å². The highest BCUT2D eigenvalue weighted by Gasteiger charge is 2.33. The van der Waals surface area contributed by atoms with Gasteiger partial charge >= 0.3 is 0 Å². The minimum Gasteiger partial charge on any atom is -0.351 e. The van der Waals surface area contributed by atoms with E-state index in [1.807, 2.05) is 0 Å². The molecule has 0 aliphatic carbocycles. The quantitative estimate of drug-likeness (QED) is 0.846. The molecule has 2 rings (SSSR count). The summed E-state index contributed by atoms with van der Waals surface area (Å²) in [7, 11) is -2.98. The molecule has 2 atom stereocenters. The van der Waals surface area contributed by atoms with Crippen molar-refractivity contribution in [3.63, 3.8) is 0 Å². The SMILES string of the molecule is CC(C)[C@H](C(=O)N[C@@H]1CCCS(=O)(=O)C1)N1CCCCC1. The van der Waals surface area contributed by atoms with E-state index in [-0.39, 0.29) is 35.4 Å². The van der Waals surface area contributed by atoms with E-state index < -0.39 is 9.84 Å². The third-order valence-corrected chi connectivity index (χ3v) is 6.31. The Morgan fingerprint density at radius 2 is 1.81 bits per heavy atom. The zero-order chi connectivity index (χ0) is 15.5. The number of hydrogen-bond acceptors (Lipinski definition) is 4. The van der Waals surface area contributed by atoms with E-state index in [9.17, 15) is 13.2 Å². The molecule has 0 aromatic rings. The van der Waals surface area contributed by atoms with E-state index in [0.29, 0.717) is 6.42 Å². The summed E-state index contributed by atoms with van der Waals surface area (Å²) in [5.41, 5.74) is 0. The average molecular weight is 316 g/mol. The second-order valence-electron chi connectivity index (χ2n) is 6.75. The summed E-state index contributed by atoms with van der Waals surface area (Å²) in [6.45, 7) is 6.07. The van der Waals surface area contributed by atoms with Crippen LogP contribution in [-0.2, 0) is 14.6 Å². The Morgan fingerprint density at radius 1 is 1.14 bits per heavy atom. The number of nitrogens with zero attached hydrogens (tertiary/aromatic N) is 1. The molecule has 0 aromatic heterocycles. The van der Waals surface area contributed by atoms with Crippen LogP contribution in [-0.4, -0.2) is 55.9 Å². The van der Waals surface area contributed by atoms with Crippen LogP contribution < -0.4 is 5.32 Å². The van der Waals surface area contributed by atoms with Gasteiger partial charge in [-0.2, -0.15) is 0 Å². The van der Waals surface area contributed by atoms with Crippen molar-refractivity contribution in [3.8, 4) is 0 Å². The highest BCUT2D eigenvalue weighted by atomic mass is 32.2. The zero-order valence-electron chi connectivity index (χ0n) is 13.2. The maximum absolute atomic E-state index is 12.6. The van der Waals surface area contributed by atoms with Crippen molar-refractivity contribution in [3.05, 3.63) is 0 Å². The molecule has 0 unspecified atom stereocenters. The first-order valence-corrected chi connectivity index (χ1v) is 9.96. The molecule has 0 bridgehead atoms. The first-order valence-electron chi connectivity index (χ1n) is 8.14. The Balaban J connectivity index is 1.98. The standard InChI is InChI=1S/C15H28N2O3S/c1-12(2)14(17-8-4-3-5-9-17)15(18)16-13-7-6-10-21(19,20)11-13/h12-14H,3-11H2,1-2H3,(H,16,18)/t13-,14-/m1/s1. The first kappa shape index (κ1) is 16.7. The Kier molecular flexibility index (Phi) is 5.66. The molecule has 5 nitrogen and oxygen atoms in total. The van der Waals surface area contributed by atoms with E-state index in [1.54, 1.807) is 0 Å². The number of rotatable bonds is 4. The molecular weight excluding hydrogens is 288 g/mol. The number of hydrogen-bond donors (Lipinski definition) is 1. The van der Waals surface area contributed by atoms with Crippen LogP contribution in [0.2, 0.25) is 0 Å². The van der Waals surface area contributed by atoms with Gasteiger partial charge in [-0.3, -0.25) is 9.69 Å². The summed E-state index contributed by atoms with van der Waals surface area (Å²) in [5, 5.41) is 2.99. The fourth-order valence-electron chi connectivity index (χ4n) is 3.51. The van der Waals surface area contributed by atoms with Crippen molar-refractivity contribution in [1.82, 2.24) is 10.2 Å². The van der Waals surface area contributed by atoms with Crippen LogP contribution in [0.1, 0.15) is 46.0 Å². The molecule has 122 valence electrons. The second kappa shape index (κ2) is 7.09. The average Bonchev–Trinajstić information content (AvgIpc) is 2.38. The maximum atomic E-state index is 12.6.